The number of carbonyl (C=O) groups is 2. The predicted octanol–water partition coefficient (Wildman–Crippen LogP) is 1.62. The van der Waals surface area contributed by atoms with E-state index in [0.717, 1.165) is 11.0 Å². The zero-order chi connectivity index (χ0) is 28.1. The Morgan fingerprint density at radius 2 is 1.64 bits per heavy atom. The second-order valence-corrected chi connectivity index (χ2v) is 9.46. The van der Waals surface area contributed by atoms with Crippen molar-refractivity contribution in [3.05, 3.63) is 68.4 Å². The standard InChI is InChI=1S/C28H34N4O7/c1-5-18(2)29-25(33)17-31-22-15-24(38-4)23(37-3)14-21(22)27(35)32(28(31)36)16-19-6-8-20(9-7-19)26(34)30-10-12-39-13-11-30/h6-9,14-15,18H,5,10-13,16-17H2,1-4H3,(H,29,33). The molecule has 0 radical (unpaired) electrons. The van der Waals surface area contributed by atoms with Crippen LogP contribution in [0.3, 0.4) is 0 Å². The van der Waals surface area contributed by atoms with Crippen LogP contribution in [0.15, 0.2) is 46.0 Å². The molecule has 11 nitrogen and oxygen atoms in total. The normalized spacial score (nSPS) is 14.2. The first-order chi connectivity index (χ1) is 18.8. The van der Waals surface area contributed by atoms with Crippen LogP contribution in [-0.4, -0.2) is 72.4 Å². The highest BCUT2D eigenvalue weighted by Crippen LogP contribution is 2.30. The minimum Gasteiger partial charge on any atom is -0.493 e. The zero-order valence-corrected chi connectivity index (χ0v) is 22.7. The van der Waals surface area contributed by atoms with E-state index in [9.17, 15) is 19.2 Å². The first-order valence-corrected chi connectivity index (χ1v) is 12.9. The van der Waals surface area contributed by atoms with E-state index in [1.54, 1.807) is 29.2 Å². The van der Waals surface area contributed by atoms with E-state index < -0.39 is 11.2 Å². The number of nitrogens with zero attached hydrogens (tertiary/aromatic N) is 3. The van der Waals surface area contributed by atoms with E-state index in [0.29, 0.717) is 48.9 Å². The summed E-state index contributed by atoms with van der Waals surface area (Å²) in [4.78, 5) is 54.5. The van der Waals surface area contributed by atoms with Gasteiger partial charge < -0.3 is 24.4 Å². The van der Waals surface area contributed by atoms with Gasteiger partial charge in [-0.15, -0.1) is 0 Å². The summed E-state index contributed by atoms with van der Waals surface area (Å²) >= 11 is 0. The van der Waals surface area contributed by atoms with Crippen molar-refractivity contribution in [2.75, 3.05) is 40.5 Å². The fourth-order valence-corrected chi connectivity index (χ4v) is 4.49. The summed E-state index contributed by atoms with van der Waals surface area (Å²) in [6.45, 7) is 5.59. The lowest BCUT2D eigenvalue weighted by Gasteiger charge is -2.26. The Balaban J connectivity index is 1.74. The Hall–Kier alpha value is -4.12. The molecule has 0 saturated carbocycles. The molecule has 0 spiro atoms. The number of hydrogen-bond acceptors (Lipinski definition) is 7. The van der Waals surface area contributed by atoms with Crippen LogP contribution >= 0.6 is 0 Å². The van der Waals surface area contributed by atoms with Crippen molar-refractivity contribution in [2.45, 2.75) is 39.4 Å². The molecule has 1 fully saturated rings. The molecule has 0 aliphatic carbocycles. The Kier molecular flexibility index (Phi) is 8.70. The summed E-state index contributed by atoms with van der Waals surface area (Å²) in [7, 11) is 2.91. The zero-order valence-electron chi connectivity index (χ0n) is 22.7. The molecule has 0 bridgehead atoms. The molecule has 1 aliphatic rings. The average Bonchev–Trinajstić information content (AvgIpc) is 2.97. The summed E-state index contributed by atoms with van der Waals surface area (Å²) in [5.74, 6) is 0.217. The number of aromatic nitrogens is 2. The molecule has 2 heterocycles. The second kappa shape index (κ2) is 12.2. The quantitative estimate of drug-likeness (QED) is 0.439. The Labute approximate surface area is 225 Å². The number of carbonyl (C=O) groups excluding carboxylic acids is 2. The molecule has 1 aromatic heterocycles. The molecule has 39 heavy (non-hydrogen) atoms. The molecular weight excluding hydrogens is 504 g/mol. The summed E-state index contributed by atoms with van der Waals surface area (Å²) in [5, 5.41) is 3.07. The lowest BCUT2D eigenvalue weighted by atomic mass is 10.1. The van der Waals surface area contributed by atoms with Crippen LogP contribution in [-0.2, 0) is 22.6 Å². The van der Waals surface area contributed by atoms with Gasteiger partial charge >= 0.3 is 5.69 Å². The minimum absolute atomic E-state index is 0.0407. The molecule has 4 rings (SSSR count). The third-order valence-electron chi connectivity index (χ3n) is 6.89. The minimum atomic E-state index is -0.632. The number of amides is 2. The Morgan fingerprint density at radius 1 is 1.00 bits per heavy atom. The van der Waals surface area contributed by atoms with Crippen molar-refractivity contribution in [1.82, 2.24) is 19.4 Å². The fraction of sp³-hybridized carbons (Fsp3) is 0.429. The first kappa shape index (κ1) is 27.9. The van der Waals surface area contributed by atoms with Crippen molar-refractivity contribution in [2.24, 2.45) is 0 Å². The van der Waals surface area contributed by atoms with Gasteiger partial charge in [-0.3, -0.25) is 23.5 Å². The van der Waals surface area contributed by atoms with Crippen molar-refractivity contribution in [1.29, 1.82) is 0 Å². The number of nitrogens with one attached hydrogen (secondary N) is 1. The van der Waals surface area contributed by atoms with Gasteiger partial charge in [-0.25, -0.2) is 4.79 Å². The number of hydrogen-bond donors (Lipinski definition) is 1. The maximum atomic E-state index is 13.6. The highest BCUT2D eigenvalue weighted by Gasteiger charge is 2.21. The number of benzene rings is 2. The molecule has 1 aliphatic heterocycles. The van der Waals surface area contributed by atoms with Crippen LogP contribution in [0.5, 0.6) is 11.5 Å². The third-order valence-corrected chi connectivity index (χ3v) is 6.89. The molecule has 208 valence electrons. The van der Waals surface area contributed by atoms with Crippen LogP contribution < -0.4 is 26.0 Å². The van der Waals surface area contributed by atoms with E-state index in [-0.39, 0.29) is 41.8 Å². The first-order valence-electron chi connectivity index (χ1n) is 12.9. The number of rotatable bonds is 9. The van der Waals surface area contributed by atoms with Crippen LogP contribution in [0.4, 0.5) is 0 Å². The summed E-state index contributed by atoms with van der Waals surface area (Å²) in [6, 6.07) is 9.79. The molecule has 2 amide bonds. The van der Waals surface area contributed by atoms with E-state index in [1.807, 2.05) is 13.8 Å². The number of methoxy groups -OCH3 is 2. The predicted molar refractivity (Wildman–Crippen MR) is 146 cm³/mol. The van der Waals surface area contributed by atoms with Crippen molar-refractivity contribution in [3.8, 4) is 11.5 Å². The van der Waals surface area contributed by atoms with E-state index in [1.165, 1.54) is 30.9 Å². The largest absolute Gasteiger partial charge is 0.493 e. The van der Waals surface area contributed by atoms with E-state index >= 15 is 0 Å². The second-order valence-electron chi connectivity index (χ2n) is 9.46. The fourth-order valence-electron chi connectivity index (χ4n) is 4.49. The highest BCUT2D eigenvalue weighted by molar-refractivity contribution is 5.94. The molecule has 1 atom stereocenters. The lowest BCUT2D eigenvalue weighted by molar-refractivity contribution is -0.122. The molecular formula is C28H34N4O7. The van der Waals surface area contributed by atoms with Gasteiger partial charge in [-0.2, -0.15) is 0 Å². The lowest BCUT2D eigenvalue weighted by Crippen LogP contribution is -2.44. The monoisotopic (exact) mass is 538 g/mol. The van der Waals surface area contributed by atoms with Crippen LogP contribution in [0.1, 0.15) is 36.2 Å². The van der Waals surface area contributed by atoms with Crippen molar-refractivity contribution >= 4 is 22.7 Å². The van der Waals surface area contributed by atoms with E-state index in [4.69, 9.17) is 14.2 Å². The Morgan fingerprint density at radius 3 is 2.26 bits per heavy atom. The third kappa shape index (κ3) is 5.98. The topological polar surface area (TPSA) is 121 Å². The SMILES string of the molecule is CCC(C)NC(=O)Cn1c(=O)n(Cc2ccc(C(=O)N3CCOCC3)cc2)c(=O)c2cc(OC)c(OC)cc21. The van der Waals surface area contributed by atoms with Gasteiger partial charge in [0.15, 0.2) is 11.5 Å². The Bertz CT molecular complexity index is 1470. The number of fused-ring (bicyclic) bond motifs is 1. The van der Waals surface area contributed by atoms with Gasteiger partial charge in [0.1, 0.15) is 6.54 Å². The maximum absolute atomic E-state index is 13.6. The smallest absolute Gasteiger partial charge is 0.332 e. The molecule has 1 unspecified atom stereocenters. The molecule has 1 N–H and O–H groups in total. The average molecular weight is 539 g/mol. The number of morpholine rings is 1. The van der Waals surface area contributed by atoms with E-state index in [2.05, 4.69) is 5.32 Å². The van der Waals surface area contributed by atoms with Crippen LogP contribution in [0, 0.1) is 0 Å². The van der Waals surface area contributed by atoms with Gasteiger partial charge in [0.05, 0.1) is 44.9 Å². The van der Waals surface area contributed by atoms with Crippen LogP contribution in [0.2, 0.25) is 0 Å². The van der Waals surface area contributed by atoms with Gasteiger partial charge in [0.25, 0.3) is 11.5 Å². The van der Waals surface area contributed by atoms with Crippen molar-refractivity contribution in [3.63, 3.8) is 0 Å². The van der Waals surface area contributed by atoms with Crippen LogP contribution in [0.25, 0.3) is 10.9 Å². The van der Waals surface area contributed by atoms with Gasteiger partial charge in [0.2, 0.25) is 5.91 Å². The molecule has 2 aromatic carbocycles. The van der Waals surface area contributed by atoms with Gasteiger partial charge in [-0.1, -0.05) is 19.1 Å². The number of ether oxygens (including phenoxy) is 3. The molecule has 1 saturated heterocycles. The summed E-state index contributed by atoms with van der Waals surface area (Å²) < 4.78 is 18.4. The van der Waals surface area contributed by atoms with Gasteiger partial charge in [0, 0.05) is 30.8 Å². The summed E-state index contributed by atoms with van der Waals surface area (Å²) in [6.07, 6.45) is 0.732. The highest BCUT2D eigenvalue weighted by atomic mass is 16.5. The molecule has 3 aromatic rings. The van der Waals surface area contributed by atoms with Gasteiger partial charge in [-0.05, 0) is 37.1 Å². The molecule has 11 heteroatoms. The van der Waals surface area contributed by atoms with Crippen molar-refractivity contribution < 1.29 is 23.8 Å². The summed E-state index contributed by atoms with van der Waals surface area (Å²) in [5.41, 5.74) is 0.283. The maximum Gasteiger partial charge on any atom is 0.332 e.